The van der Waals surface area contributed by atoms with E-state index in [2.05, 4.69) is 10.4 Å². The summed E-state index contributed by atoms with van der Waals surface area (Å²) in [4.78, 5) is 13.9. The molecule has 0 spiro atoms. The maximum absolute atomic E-state index is 14.4. The summed E-state index contributed by atoms with van der Waals surface area (Å²) in [5.74, 6) is -0.393. The molecule has 1 aromatic heterocycles. The highest BCUT2D eigenvalue weighted by Gasteiger charge is 2.23. The van der Waals surface area contributed by atoms with Crippen LogP contribution < -0.4 is 5.32 Å². The van der Waals surface area contributed by atoms with Crippen LogP contribution in [0.2, 0.25) is 0 Å². The van der Waals surface area contributed by atoms with Gasteiger partial charge in [0.15, 0.2) is 0 Å². The average molecular weight is 346 g/mol. The van der Waals surface area contributed by atoms with E-state index in [1.54, 1.807) is 29.4 Å². The van der Waals surface area contributed by atoms with Crippen LogP contribution in [0, 0.1) is 12.7 Å². The molecule has 25 heavy (non-hydrogen) atoms. The lowest BCUT2D eigenvalue weighted by atomic mass is 10.1. The van der Waals surface area contributed by atoms with Crippen LogP contribution in [-0.2, 0) is 0 Å². The van der Waals surface area contributed by atoms with Gasteiger partial charge in [0.1, 0.15) is 11.5 Å². The fraction of sp³-hybridized carbons (Fsp3) is 0.444. The van der Waals surface area contributed by atoms with E-state index in [1.165, 1.54) is 10.7 Å². The zero-order valence-electron chi connectivity index (χ0n) is 14.4. The van der Waals surface area contributed by atoms with Crippen molar-refractivity contribution in [1.29, 1.82) is 0 Å². The van der Waals surface area contributed by atoms with Crippen molar-refractivity contribution in [2.75, 3.05) is 13.1 Å². The number of benzene rings is 1. The van der Waals surface area contributed by atoms with Crippen LogP contribution in [0.3, 0.4) is 0 Å². The second-order valence-corrected chi connectivity index (χ2v) is 6.59. The van der Waals surface area contributed by atoms with E-state index >= 15 is 0 Å². The SMILES string of the molecule is Cc1cnn(-c2ccc(C(C)NC(=O)N3CCCC(O)C3)cc2F)c1. The Morgan fingerprint density at radius 1 is 1.48 bits per heavy atom. The third-order valence-electron chi connectivity index (χ3n) is 4.45. The normalized spacial score (nSPS) is 18.9. The first-order valence-corrected chi connectivity index (χ1v) is 8.48. The minimum Gasteiger partial charge on any atom is -0.391 e. The predicted octanol–water partition coefficient (Wildman–Crippen LogP) is 2.55. The van der Waals surface area contributed by atoms with Gasteiger partial charge in [-0.3, -0.25) is 0 Å². The molecule has 2 heterocycles. The number of rotatable bonds is 3. The van der Waals surface area contributed by atoms with Crippen LogP contribution in [0.5, 0.6) is 0 Å². The van der Waals surface area contributed by atoms with Crippen molar-refractivity contribution in [2.45, 2.75) is 38.8 Å². The van der Waals surface area contributed by atoms with Gasteiger partial charge in [-0.1, -0.05) is 6.07 Å². The number of piperidine rings is 1. The molecule has 2 N–H and O–H groups in total. The van der Waals surface area contributed by atoms with E-state index < -0.39 is 11.9 Å². The van der Waals surface area contributed by atoms with E-state index in [4.69, 9.17) is 0 Å². The quantitative estimate of drug-likeness (QED) is 0.897. The molecular weight excluding hydrogens is 323 g/mol. The number of urea groups is 1. The van der Waals surface area contributed by atoms with Gasteiger partial charge in [0.25, 0.3) is 0 Å². The number of amides is 2. The van der Waals surface area contributed by atoms with Gasteiger partial charge >= 0.3 is 6.03 Å². The molecule has 1 saturated heterocycles. The van der Waals surface area contributed by atoms with Gasteiger partial charge in [0, 0.05) is 19.3 Å². The van der Waals surface area contributed by atoms with E-state index in [-0.39, 0.29) is 12.1 Å². The maximum atomic E-state index is 14.4. The molecule has 1 fully saturated rings. The van der Waals surface area contributed by atoms with Gasteiger partial charge in [0.2, 0.25) is 0 Å². The van der Waals surface area contributed by atoms with Gasteiger partial charge in [-0.25, -0.2) is 13.9 Å². The van der Waals surface area contributed by atoms with Crippen LogP contribution in [0.4, 0.5) is 9.18 Å². The molecular formula is C18H23FN4O2. The molecule has 1 aliphatic heterocycles. The van der Waals surface area contributed by atoms with Crippen molar-refractivity contribution in [3.8, 4) is 5.69 Å². The molecule has 134 valence electrons. The van der Waals surface area contributed by atoms with Crippen molar-refractivity contribution in [2.24, 2.45) is 0 Å². The van der Waals surface area contributed by atoms with Crippen molar-refractivity contribution >= 4 is 6.03 Å². The lowest BCUT2D eigenvalue weighted by molar-refractivity contribution is 0.0835. The molecule has 0 radical (unpaired) electrons. The first-order chi connectivity index (χ1) is 11.9. The second-order valence-electron chi connectivity index (χ2n) is 6.59. The lowest BCUT2D eigenvalue weighted by Crippen LogP contribution is -2.47. The number of halogens is 1. The number of aromatic nitrogens is 2. The molecule has 2 amide bonds. The summed E-state index contributed by atoms with van der Waals surface area (Å²) in [6.07, 6.45) is 4.46. The number of nitrogens with one attached hydrogen (secondary N) is 1. The molecule has 2 aromatic rings. The summed E-state index contributed by atoms with van der Waals surface area (Å²) in [6.45, 7) is 4.67. The van der Waals surface area contributed by atoms with Crippen LogP contribution in [0.15, 0.2) is 30.6 Å². The Labute approximate surface area is 146 Å². The molecule has 7 heteroatoms. The number of aliphatic hydroxyl groups is 1. The van der Waals surface area contributed by atoms with E-state index in [9.17, 15) is 14.3 Å². The smallest absolute Gasteiger partial charge is 0.317 e. The number of hydrogen-bond acceptors (Lipinski definition) is 3. The van der Waals surface area contributed by atoms with Crippen molar-refractivity contribution in [3.63, 3.8) is 0 Å². The zero-order chi connectivity index (χ0) is 18.0. The fourth-order valence-electron chi connectivity index (χ4n) is 3.02. The number of carbonyl (C=O) groups is 1. The Bertz CT molecular complexity index is 761. The zero-order valence-corrected chi connectivity index (χ0v) is 14.4. The number of aliphatic hydroxyl groups excluding tert-OH is 1. The maximum Gasteiger partial charge on any atom is 0.317 e. The van der Waals surface area contributed by atoms with E-state index in [1.807, 2.05) is 13.8 Å². The van der Waals surface area contributed by atoms with E-state index in [0.717, 1.165) is 18.4 Å². The summed E-state index contributed by atoms with van der Waals surface area (Å²) in [6, 6.07) is 4.28. The number of aryl methyl sites for hydroxylation is 1. The van der Waals surface area contributed by atoms with Crippen LogP contribution in [0.25, 0.3) is 5.69 Å². The number of likely N-dealkylation sites (tertiary alicyclic amines) is 1. The summed E-state index contributed by atoms with van der Waals surface area (Å²) >= 11 is 0. The molecule has 1 aromatic carbocycles. The topological polar surface area (TPSA) is 70.4 Å². The monoisotopic (exact) mass is 346 g/mol. The third-order valence-corrected chi connectivity index (χ3v) is 4.45. The standard InChI is InChI=1S/C18H23FN4O2/c1-12-9-20-23(10-12)17-6-5-14(8-16(17)19)13(2)21-18(25)22-7-3-4-15(24)11-22/h5-6,8-10,13,15,24H,3-4,7,11H2,1-2H3,(H,21,25). The molecule has 3 rings (SSSR count). The average Bonchev–Trinajstić information content (AvgIpc) is 3.00. The highest BCUT2D eigenvalue weighted by Crippen LogP contribution is 2.20. The van der Waals surface area contributed by atoms with Crippen molar-refractivity contribution in [1.82, 2.24) is 20.0 Å². The molecule has 0 bridgehead atoms. The molecule has 0 aliphatic carbocycles. The Hall–Kier alpha value is -2.41. The van der Waals surface area contributed by atoms with Gasteiger partial charge in [-0.15, -0.1) is 0 Å². The fourth-order valence-corrected chi connectivity index (χ4v) is 3.02. The largest absolute Gasteiger partial charge is 0.391 e. The summed E-state index contributed by atoms with van der Waals surface area (Å²) < 4.78 is 15.9. The number of carbonyl (C=O) groups excluding carboxylic acids is 1. The lowest BCUT2D eigenvalue weighted by Gasteiger charge is -2.31. The third kappa shape index (κ3) is 3.99. The Morgan fingerprint density at radius 3 is 2.92 bits per heavy atom. The minimum absolute atomic E-state index is 0.238. The van der Waals surface area contributed by atoms with Gasteiger partial charge < -0.3 is 15.3 Å². The van der Waals surface area contributed by atoms with Crippen LogP contribution >= 0.6 is 0 Å². The summed E-state index contributed by atoms with van der Waals surface area (Å²) in [5.41, 5.74) is 2.00. The van der Waals surface area contributed by atoms with Crippen LogP contribution in [-0.4, -0.2) is 45.0 Å². The Morgan fingerprint density at radius 2 is 2.28 bits per heavy atom. The first kappa shape index (κ1) is 17.4. The van der Waals surface area contributed by atoms with Gasteiger partial charge in [-0.05, 0) is 49.9 Å². The van der Waals surface area contributed by atoms with E-state index in [0.29, 0.717) is 24.3 Å². The number of hydrogen-bond donors (Lipinski definition) is 2. The van der Waals surface area contributed by atoms with Gasteiger partial charge in [0.05, 0.1) is 18.3 Å². The molecule has 6 nitrogen and oxygen atoms in total. The summed E-state index contributed by atoms with van der Waals surface area (Å²) in [7, 11) is 0. The number of nitrogens with zero attached hydrogens (tertiary/aromatic N) is 3. The summed E-state index contributed by atoms with van der Waals surface area (Å²) in [5, 5.41) is 16.7. The first-order valence-electron chi connectivity index (χ1n) is 8.48. The number of β-amino-alcohol motifs (C(OH)–C–C–N with tert-alkyl or cyclic N) is 1. The van der Waals surface area contributed by atoms with Crippen molar-refractivity contribution in [3.05, 3.63) is 47.5 Å². The van der Waals surface area contributed by atoms with Crippen molar-refractivity contribution < 1.29 is 14.3 Å². The molecule has 2 atom stereocenters. The highest BCUT2D eigenvalue weighted by atomic mass is 19.1. The molecule has 2 unspecified atom stereocenters. The Kier molecular flexibility index (Phi) is 5.03. The highest BCUT2D eigenvalue weighted by molar-refractivity contribution is 5.74. The van der Waals surface area contributed by atoms with Gasteiger partial charge in [-0.2, -0.15) is 5.10 Å². The minimum atomic E-state index is -0.468. The molecule has 0 saturated carbocycles. The second kappa shape index (κ2) is 7.23. The predicted molar refractivity (Wildman–Crippen MR) is 92.0 cm³/mol. The Balaban J connectivity index is 1.69. The molecule has 1 aliphatic rings. The van der Waals surface area contributed by atoms with Crippen LogP contribution in [0.1, 0.15) is 36.9 Å².